The standard InChI is InChI=1S/C27H30N4O3S/c1-17(2)12-21(28)26-31-24(16-35-26)25(32)30-23(27(33)34-15-18-8-4-3-5-9-18)13-19-14-29-22-11-7-6-10-20(19)22/h3-11,14,16-17,21,23,29H,12-13,15,28H2,1-2H3,(H,30,32). The predicted octanol–water partition coefficient (Wildman–Crippen LogP) is 4.75. The first-order valence-corrected chi connectivity index (χ1v) is 12.6. The van der Waals surface area contributed by atoms with Crippen molar-refractivity contribution in [3.05, 3.63) is 88.0 Å². The van der Waals surface area contributed by atoms with E-state index in [-0.39, 0.29) is 24.8 Å². The number of nitrogens with two attached hydrogens (primary N) is 1. The minimum atomic E-state index is -0.875. The van der Waals surface area contributed by atoms with Crippen molar-refractivity contribution in [1.82, 2.24) is 15.3 Å². The number of H-pyrrole nitrogens is 1. The lowest BCUT2D eigenvalue weighted by Gasteiger charge is -2.17. The molecule has 35 heavy (non-hydrogen) atoms. The van der Waals surface area contributed by atoms with Gasteiger partial charge in [-0.15, -0.1) is 11.3 Å². The summed E-state index contributed by atoms with van der Waals surface area (Å²) in [5, 5.41) is 6.23. The Balaban J connectivity index is 1.51. The van der Waals surface area contributed by atoms with Crippen LogP contribution in [0.25, 0.3) is 10.9 Å². The minimum absolute atomic E-state index is 0.130. The Morgan fingerprint density at radius 1 is 1.11 bits per heavy atom. The number of nitrogens with zero attached hydrogens (tertiary/aromatic N) is 1. The van der Waals surface area contributed by atoms with Gasteiger partial charge < -0.3 is 20.8 Å². The molecule has 4 N–H and O–H groups in total. The molecule has 4 rings (SSSR count). The molecule has 0 fully saturated rings. The Kier molecular flexibility index (Phi) is 7.94. The maximum absolute atomic E-state index is 13.1. The van der Waals surface area contributed by atoms with Crippen LogP contribution in [0.5, 0.6) is 0 Å². The van der Waals surface area contributed by atoms with Gasteiger partial charge in [0.25, 0.3) is 5.91 Å². The largest absolute Gasteiger partial charge is 0.459 e. The van der Waals surface area contributed by atoms with Crippen molar-refractivity contribution in [2.45, 2.75) is 45.4 Å². The van der Waals surface area contributed by atoms with Gasteiger partial charge in [-0.25, -0.2) is 9.78 Å². The van der Waals surface area contributed by atoms with Crippen molar-refractivity contribution in [1.29, 1.82) is 0 Å². The van der Waals surface area contributed by atoms with Crippen LogP contribution in [-0.2, 0) is 22.6 Å². The van der Waals surface area contributed by atoms with Gasteiger partial charge in [0.15, 0.2) is 0 Å². The summed E-state index contributed by atoms with van der Waals surface area (Å²) in [6.07, 6.45) is 2.93. The van der Waals surface area contributed by atoms with E-state index in [4.69, 9.17) is 10.5 Å². The summed E-state index contributed by atoms with van der Waals surface area (Å²) in [6, 6.07) is 16.2. The number of ether oxygens (including phenoxy) is 1. The highest BCUT2D eigenvalue weighted by molar-refractivity contribution is 7.09. The van der Waals surface area contributed by atoms with Crippen molar-refractivity contribution in [3.8, 4) is 0 Å². The summed E-state index contributed by atoms with van der Waals surface area (Å²) in [6.45, 7) is 4.32. The number of hydrogen-bond donors (Lipinski definition) is 3. The third-order valence-electron chi connectivity index (χ3n) is 5.71. The van der Waals surface area contributed by atoms with E-state index in [0.717, 1.165) is 28.5 Å². The van der Waals surface area contributed by atoms with E-state index in [1.807, 2.05) is 60.8 Å². The van der Waals surface area contributed by atoms with Gasteiger partial charge in [0.1, 0.15) is 23.4 Å². The fourth-order valence-electron chi connectivity index (χ4n) is 3.95. The zero-order chi connectivity index (χ0) is 24.8. The highest BCUT2D eigenvalue weighted by Gasteiger charge is 2.26. The second-order valence-electron chi connectivity index (χ2n) is 8.99. The number of esters is 1. The summed E-state index contributed by atoms with van der Waals surface area (Å²) in [7, 11) is 0. The molecule has 0 aliphatic rings. The molecular weight excluding hydrogens is 460 g/mol. The van der Waals surface area contributed by atoms with Gasteiger partial charge in [-0.2, -0.15) is 0 Å². The van der Waals surface area contributed by atoms with Crippen LogP contribution in [-0.4, -0.2) is 27.9 Å². The van der Waals surface area contributed by atoms with Crippen LogP contribution in [0.3, 0.4) is 0 Å². The van der Waals surface area contributed by atoms with Crippen molar-refractivity contribution in [2.75, 3.05) is 0 Å². The SMILES string of the molecule is CC(C)CC(N)c1nc(C(=O)NC(Cc2c[nH]c3ccccc23)C(=O)OCc2ccccc2)cs1. The van der Waals surface area contributed by atoms with Crippen LogP contribution >= 0.6 is 11.3 Å². The Hall–Kier alpha value is -3.49. The monoisotopic (exact) mass is 490 g/mol. The second kappa shape index (κ2) is 11.3. The normalized spacial score (nSPS) is 13.0. The number of hydrogen-bond acceptors (Lipinski definition) is 6. The molecule has 2 heterocycles. The van der Waals surface area contributed by atoms with E-state index in [1.165, 1.54) is 11.3 Å². The van der Waals surface area contributed by atoms with E-state index in [2.05, 4.69) is 29.1 Å². The van der Waals surface area contributed by atoms with Gasteiger partial charge >= 0.3 is 5.97 Å². The maximum Gasteiger partial charge on any atom is 0.329 e. The van der Waals surface area contributed by atoms with Gasteiger partial charge in [-0.3, -0.25) is 4.79 Å². The molecule has 8 heteroatoms. The third kappa shape index (κ3) is 6.35. The molecule has 7 nitrogen and oxygen atoms in total. The summed E-state index contributed by atoms with van der Waals surface area (Å²) >= 11 is 1.36. The van der Waals surface area contributed by atoms with Crippen LogP contribution in [0.2, 0.25) is 0 Å². The summed E-state index contributed by atoms with van der Waals surface area (Å²) in [4.78, 5) is 33.8. The number of amides is 1. The lowest BCUT2D eigenvalue weighted by molar-refractivity contribution is -0.147. The average Bonchev–Trinajstić information content (AvgIpc) is 3.50. The van der Waals surface area contributed by atoms with E-state index in [9.17, 15) is 9.59 Å². The van der Waals surface area contributed by atoms with Crippen molar-refractivity contribution >= 4 is 34.1 Å². The predicted molar refractivity (Wildman–Crippen MR) is 138 cm³/mol. The molecule has 182 valence electrons. The number of carbonyl (C=O) groups is 2. The molecule has 0 spiro atoms. The molecule has 0 saturated heterocycles. The fourth-order valence-corrected chi connectivity index (χ4v) is 4.76. The summed E-state index contributed by atoms with van der Waals surface area (Å²) in [5.74, 6) is -0.503. The Morgan fingerprint density at radius 3 is 2.63 bits per heavy atom. The smallest absolute Gasteiger partial charge is 0.329 e. The van der Waals surface area contributed by atoms with Gasteiger partial charge in [0, 0.05) is 28.9 Å². The van der Waals surface area contributed by atoms with Crippen molar-refractivity contribution < 1.29 is 14.3 Å². The molecule has 0 aliphatic carbocycles. The maximum atomic E-state index is 13.1. The highest BCUT2D eigenvalue weighted by atomic mass is 32.1. The van der Waals surface area contributed by atoms with Crippen LogP contribution in [0.4, 0.5) is 0 Å². The topological polar surface area (TPSA) is 110 Å². The van der Waals surface area contributed by atoms with Gasteiger partial charge in [-0.1, -0.05) is 62.4 Å². The third-order valence-corrected chi connectivity index (χ3v) is 6.69. The molecule has 2 unspecified atom stereocenters. The molecule has 0 aliphatic heterocycles. The number of rotatable bonds is 10. The molecule has 2 atom stereocenters. The number of benzene rings is 2. The summed E-state index contributed by atoms with van der Waals surface area (Å²) in [5.41, 5.74) is 9.25. The summed E-state index contributed by atoms with van der Waals surface area (Å²) < 4.78 is 5.57. The van der Waals surface area contributed by atoms with Crippen LogP contribution in [0, 0.1) is 5.92 Å². The Labute approximate surface area is 208 Å². The molecule has 1 amide bonds. The fraction of sp³-hybridized carbons (Fsp3) is 0.296. The number of thiazole rings is 1. The van der Waals surface area contributed by atoms with Crippen molar-refractivity contribution in [3.63, 3.8) is 0 Å². The van der Waals surface area contributed by atoms with Crippen molar-refractivity contribution in [2.24, 2.45) is 11.7 Å². The Bertz CT molecular complexity index is 1280. The molecule has 0 radical (unpaired) electrons. The van der Waals surface area contributed by atoms with E-state index >= 15 is 0 Å². The molecule has 0 saturated carbocycles. The molecule has 2 aromatic heterocycles. The number of fused-ring (bicyclic) bond motifs is 1. The lowest BCUT2D eigenvalue weighted by atomic mass is 10.0. The van der Waals surface area contributed by atoms with Crippen LogP contribution in [0.15, 0.2) is 66.2 Å². The first-order chi connectivity index (χ1) is 16.9. The second-order valence-corrected chi connectivity index (χ2v) is 9.88. The minimum Gasteiger partial charge on any atom is -0.459 e. The van der Waals surface area contributed by atoms with Gasteiger partial charge in [0.05, 0.1) is 6.04 Å². The number of aromatic nitrogens is 2. The van der Waals surface area contributed by atoms with Gasteiger partial charge in [-0.05, 0) is 29.5 Å². The van der Waals surface area contributed by atoms with Crippen LogP contribution < -0.4 is 11.1 Å². The molecule has 0 bridgehead atoms. The zero-order valence-corrected chi connectivity index (χ0v) is 20.7. The highest BCUT2D eigenvalue weighted by Crippen LogP contribution is 2.23. The molecule has 2 aromatic carbocycles. The number of para-hydroxylation sites is 1. The number of aromatic amines is 1. The average molecular weight is 491 g/mol. The lowest BCUT2D eigenvalue weighted by Crippen LogP contribution is -2.43. The quantitative estimate of drug-likeness (QED) is 0.278. The first kappa shape index (κ1) is 24.6. The first-order valence-electron chi connectivity index (χ1n) is 11.7. The number of carbonyl (C=O) groups excluding carboxylic acids is 2. The number of nitrogens with one attached hydrogen (secondary N) is 2. The van der Waals surface area contributed by atoms with E-state index < -0.39 is 17.9 Å². The zero-order valence-electron chi connectivity index (χ0n) is 19.9. The van der Waals surface area contributed by atoms with E-state index in [0.29, 0.717) is 10.9 Å². The van der Waals surface area contributed by atoms with E-state index in [1.54, 1.807) is 5.38 Å². The Morgan fingerprint density at radius 2 is 1.86 bits per heavy atom. The molecular formula is C27H30N4O3S. The van der Waals surface area contributed by atoms with Gasteiger partial charge in [0.2, 0.25) is 0 Å². The van der Waals surface area contributed by atoms with Crippen LogP contribution in [0.1, 0.15) is 52.9 Å². The molecule has 4 aromatic rings.